The number of rotatable bonds is 2. The van der Waals surface area contributed by atoms with Crippen LogP contribution >= 0.6 is 0 Å². The third-order valence-electron chi connectivity index (χ3n) is 0.605. The zero-order valence-electron chi connectivity index (χ0n) is 9.44. The number of carbonyl (C=O) groups excluding carboxylic acids is 1. The zero-order chi connectivity index (χ0) is 12.1. The Morgan fingerprint density at radius 2 is 1.07 bits per heavy atom. The predicted molar refractivity (Wildman–Crippen MR) is 46.5 cm³/mol. The Balaban J connectivity index is -0.0000000590. The van der Waals surface area contributed by atoms with Crippen LogP contribution < -0.4 is 34.7 Å². The van der Waals surface area contributed by atoms with E-state index in [-0.39, 0.29) is 42.4 Å². The average molecular weight is 230 g/mol. The van der Waals surface area contributed by atoms with Crippen molar-refractivity contribution in [2.75, 3.05) is 0 Å². The topological polar surface area (TPSA) is 115 Å². The van der Waals surface area contributed by atoms with E-state index in [0.29, 0.717) is 0 Å². The molecule has 0 bridgehead atoms. The minimum Gasteiger partial charge on any atom is -0.550 e. The first kappa shape index (κ1) is 23.9. The van der Waals surface area contributed by atoms with Gasteiger partial charge in [-0.15, -0.1) is 0 Å². The third-order valence-corrected chi connectivity index (χ3v) is 0.605. The van der Waals surface area contributed by atoms with E-state index in [1.165, 1.54) is 0 Å². The number of aliphatic carboxylic acids is 3. The maximum atomic E-state index is 9.37. The molecule has 0 rings (SSSR count). The number of carbonyl (C=O) groups is 3. The summed E-state index contributed by atoms with van der Waals surface area (Å²) in [5, 5.41) is 24.3. The van der Waals surface area contributed by atoms with E-state index in [4.69, 9.17) is 20.1 Å². The van der Waals surface area contributed by atoms with Crippen LogP contribution in [0.4, 0.5) is 0 Å². The maximum Gasteiger partial charge on any atom is 1.00 e. The van der Waals surface area contributed by atoms with Gasteiger partial charge in [0.2, 0.25) is 0 Å². The van der Waals surface area contributed by atoms with Crippen molar-refractivity contribution in [2.24, 2.45) is 0 Å². The Bertz CT molecular complexity index is 162. The van der Waals surface area contributed by atoms with E-state index in [0.717, 1.165) is 6.92 Å². The summed E-state index contributed by atoms with van der Waals surface area (Å²) in [7, 11) is 0. The molecule has 0 spiro atoms. The largest absolute Gasteiger partial charge is 1.00 e. The van der Waals surface area contributed by atoms with Crippen molar-refractivity contribution in [2.45, 2.75) is 33.6 Å². The molecule has 0 aliphatic rings. The molecule has 0 aliphatic carbocycles. The van der Waals surface area contributed by atoms with Crippen LogP contribution in [0.3, 0.4) is 0 Å². The Hall–Kier alpha value is -0.590. The van der Waals surface area contributed by atoms with Gasteiger partial charge in [-0.05, 0) is 6.92 Å². The van der Waals surface area contributed by atoms with Crippen molar-refractivity contribution >= 4 is 17.9 Å². The van der Waals surface area contributed by atoms with Crippen molar-refractivity contribution in [3.8, 4) is 0 Å². The first-order valence-corrected chi connectivity index (χ1v) is 3.89. The molecule has 0 saturated heterocycles. The van der Waals surface area contributed by atoms with Crippen LogP contribution in [0.15, 0.2) is 0 Å². The Morgan fingerprint density at radius 1 is 1.00 bits per heavy atom. The fourth-order valence-corrected chi connectivity index (χ4v) is 0. The molecule has 0 saturated carbocycles. The molecule has 0 heterocycles. The van der Waals surface area contributed by atoms with E-state index in [9.17, 15) is 9.59 Å². The van der Waals surface area contributed by atoms with Crippen LogP contribution in [0.5, 0.6) is 0 Å². The summed E-state index contributed by atoms with van der Waals surface area (Å²) >= 11 is 0. The first-order chi connectivity index (χ1) is 6.27. The second kappa shape index (κ2) is 19.1. The molecule has 0 unspecified atom stereocenters. The molecule has 0 fully saturated rings. The Kier molecular flexibility index (Phi) is 30.4. The standard InChI is InChI=1S/2C3H6O2.C2H4O2.Na/c2*1-2-3(4)5;1-2(3)4;/h2*2H2,1H3,(H,4,5);1H3,(H,3,4);/q;;;+1/p-1. The van der Waals surface area contributed by atoms with Crippen LogP contribution in [0.1, 0.15) is 33.6 Å². The van der Waals surface area contributed by atoms with Crippen molar-refractivity contribution in [3.63, 3.8) is 0 Å². The number of carboxylic acids is 3. The van der Waals surface area contributed by atoms with Gasteiger partial charge in [-0.2, -0.15) is 0 Å². The van der Waals surface area contributed by atoms with Crippen LogP contribution in [0, 0.1) is 0 Å². The van der Waals surface area contributed by atoms with E-state index in [1.807, 2.05) is 0 Å². The molecule has 0 aromatic heterocycles. The summed E-state index contributed by atoms with van der Waals surface area (Å²) in [6.07, 6.45) is 0.444. The second-order valence-electron chi connectivity index (χ2n) is 1.99. The minimum absolute atomic E-state index is 0. The van der Waals surface area contributed by atoms with Gasteiger partial charge in [0.1, 0.15) is 0 Å². The summed E-state index contributed by atoms with van der Waals surface area (Å²) in [6.45, 7) is 4.17. The molecule has 0 atom stereocenters. The van der Waals surface area contributed by atoms with Crippen LogP contribution in [0.25, 0.3) is 0 Å². The number of carboxylic acid groups (broad SMARTS) is 3. The van der Waals surface area contributed by atoms with Crippen molar-refractivity contribution in [3.05, 3.63) is 0 Å². The van der Waals surface area contributed by atoms with Gasteiger partial charge in [-0.25, -0.2) is 0 Å². The SMILES string of the molecule is CC(=O)[O-].CCC(=O)O.CCC(=O)O.[Na+]. The Labute approximate surface area is 111 Å². The van der Waals surface area contributed by atoms with E-state index in [1.54, 1.807) is 13.8 Å². The maximum absolute atomic E-state index is 9.37. The van der Waals surface area contributed by atoms with Gasteiger partial charge in [-0.3, -0.25) is 9.59 Å². The zero-order valence-corrected chi connectivity index (χ0v) is 11.4. The fraction of sp³-hybridized carbons (Fsp3) is 0.625. The monoisotopic (exact) mass is 230 g/mol. The normalized spacial score (nSPS) is 6.60. The van der Waals surface area contributed by atoms with Gasteiger partial charge in [0.15, 0.2) is 0 Å². The molecule has 6 nitrogen and oxygen atoms in total. The number of hydrogen-bond donors (Lipinski definition) is 2. The van der Waals surface area contributed by atoms with Crippen LogP contribution in [0.2, 0.25) is 0 Å². The molecule has 84 valence electrons. The molecule has 0 aromatic carbocycles. The van der Waals surface area contributed by atoms with E-state index < -0.39 is 17.9 Å². The molecular formula is C8H15NaO6. The molecule has 0 amide bonds. The summed E-state index contributed by atoms with van der Waals surface area (Å²) in [5.74, 6) is -2.57. The summed E-state index contributed by atoms with van der Waals surface area (Å²) in [6, 6.07) is 0. The second-order valence-corrected chi connectivity index (χ2v) is 1.99. The third kappa shape index (κ3) is 150. The summed E-state index contributed by atoms with van der Waals surface area (Å²) in [4.78, 5) is 27.6. The van der Waals surface area contributed by atoms with Gasteiger partial charge in [0, 0.05) is 18.8 Å². The van der Waals surface area contributed by atoms with Gasteiger partial charge < -0.3 is 20.1 Å². The van der Waals surface area contributed by atoms with Gasteiger partial charge in [0.25, 0.3) is 0 Å². The summed E-state index contributed by atoms with van der Waals surface area (Å²) < 4.78 is 0. The van der Waals surface area contributed by atoms with Crippen molar-refractivity contribution in [1.82, 2.24) is 0 Å². The molecular weight excluding hydrogens is 215 g/mol. The van der Waals surface area contributed by atoms with Gasteiger partial charge in [-0.1, -0.05) is 13.8 Å². The van der Waals surface area contributed by atoms with Gasteiger partial charge >= 0.3 is 41.5 Å². The van der Waals surface area contributed by atoms with Crippen molar-refractivity contribution in [1.29, 1.82) is 0 Å². The molecule has 0 aliphatic heterocycles. The number of hydrogen-bond acceptors (Lipinski definition) is 4. The molecule has 2 N–H and O–H groups in total. The molecule has 0 radical (unpaired) electrons. The molecule has 0 aromatic rings. The average Bonchev–Trinajstić information content (AvgIpc) is 2.04. The molecule has 15 heavy (non-hydrogen) atoms. The van der Waals surface area contributed by atoms with E-state index in [2.05, 4.69) is 0 Å². The van der Waals surface area contributed by atoms with Crippen LogP contribution in [-0.4, -0.2) is 28.1 Å². The minimum atomic E-state index is -1.08. The molecule has 7 heteroatoms. The van der Waals surface area contributed by atoms with Crippen LogP contribution in [-0.2, 0) is 14.4 Å². The van der Waals surface area contributed by atoms with E-state index >= 15 is 0 Å². The summed E-state index contributed by atoms with van der Waals surface area (Å²) in [5.41, 5.74) is 0. The fourth-order valence-electron chi connectivity index (χ4n) is 0. The quantitative estimate of drug-likeness (QED) is 0.481. The first-order valence-electron chi connectivity index (χ1n) is 3.89. The van der Waals surface area contributed by atoms with Gasteiger partial charge in [0.05, 0.1) is 0 Å². The van der Waals surface area contributed by atoms with Crippen molar-refractivity contribution < 1.29 is 59.3 Å². The smallest absolute Gasteiger partial charge is 0.550 e. The Morgan fingerprint density at radius 3 is 1.07 bits per heavy atom. The predicted octanol–water partition coefficient (Wildman–Crippen LogP) is -3.28.